The number of rotatable bonds is 5. The fraction of sp³-hybridized carbons (Fsp3) is 0.333. The number of amides is 1. The van der Waals surface area contributed by atoms with Crippen LogP contribution in [0.15, 0.2) is 5.38 Å². The predicted molar refractivity (Wildman–Crippen MR) is 44.1 cm³/mol. The second-order valence-corrected chi connectivity index (χ2v) is 2.87. The number of carboxylic acid groups (broad SMARTS) is 1. The lowest BCUT2D eigenvalue weighted by molar-refractivity contribution is -0.137. The summed E-state index contributed by atoms with van der Waals surface area (Å²) in [6.07, 6.45) is 0.261. The van der Waals surface area contributed by atoms with E-state index in [9.17, 15) is 9.59 Å². The number of carbonyl (C=O) groups is 2. The molecule has 70 valence electrons. The molecule has 0 aromatic carbocycles. The van der Waals surface area contributed by atoms with Crippen LogP contribution < -0.4 is 5.32 Å². The van der Waals surface area contributed by atoms with Crippen molar-refractivity contribution in [2.45, 2.75) is 12.5 Å². The number of carboxylic acids is 1. The molecule has 13 heavy (non-hydrogen) atoms. The highest BCUT2D eigenvalue weighted by Crippen LogP contribution is 2.14. The maximum Gasteiger partial charge on any atom is 0.305 e. The van der Waals surface area contributed by atoms with Crippen molar-refractivity contribution in [3.05, 3.63) is 11.1 Å². The number of aliphatic carboxylic acids is 1. The summed E-state index contributed by atoms with van der Waals surface area (Å²) in [5.74, 6) is -0.993. The number of hydrogen-bond donors (Lipinski definition) is 2. The van der Waals surface area contributed by atoms with Gasteiger partial charge in [-0.05, 0) is 11.5 Å². The van der Waals surface area contributed by atoms with Gasteiger partial charge in [-0.25, -0.2) is 0 Å². The molecule has 1 amide bonds. The summed E-state index contributed by atoms with van der Waals surface area (Å²) < 4.78 is 3.58. The molecule has 7 heteroatoms. The Hall–Kier alpha value is -1.50. The molecular formula is C6H7N3O3S. The zero-order valence-electron chi connectivity index (χ0n) is 6.51. The summed E-state index contributed by atoms with van der Waals surface area (Å²) in [5, 5.41) is 16.1. The van der Waals surface area contributed by atoms with Gasteiger partial charge in [0.05, 0.1) is 18.2 Å². The van der Waals surface area contributed by atoms with Crippen LogP contribution in [0.4, 0.5) is 0 Å². The van der Waals surface area contributed by atoms with Crippen LogP contribution in [0.1, 0.15) is 18.2 Å². The Balaban J connectivity index is 2.67. The van der Waals surface area contributed by atoms with E-state index in [4.69, 9.17) is 5.11 Å². The molecule has 0 bridgehead atoms. The molecule has 0 radical (unpaired) electrons. The van der Waals surface area contributed by atoms with Gasteiger partial charge in [0.1, 0.15) is 0 Å². The Morgan fingerprint density at radius 1 is 1.85 bits per heavy atom. The molecule has 0 unspecified atom stereocenters. The zero-order valence-corrected chi connectivity index (χ0v) is 7.32. The number of aromatic nitrogens is 2. The SMILES string of the molecule is O=CN[C@@H](CC(=O)O)c1csnn1. The van der Waals surface area contributed by atoms with Gasteiger partial charge in [-0.1, -0.05) is 4.49 Å². The van der Waals surface area contributed by atoms with Crippen LogP contribution in [0.25, 0.3) is 0 Å². The predicted octanol–water partition coefficient (Wildman–Crippen LogP) is -0.200. The first-order chi connectivity index (χ1) is 6.24. The summed E-state index contributed by atoms with van der Waals surface area (Å²) in [6, 6.07) is -0.589. The van der Waals surface area contributed by atoms with Gasteiger partial charge in [0.25, 0.3) is 0 Å². The first-order valence-corrected chi connectivity index (χ1v) is 4.26. The van der Waals surface area contributed by atoms with Gasteiger partial charge in [-0.3, -0.25) is 9.59 Å². The fourth-order valence-corrected chi connectivity index (χ4v) is 1.34. The summed E-state index contributed by atoms with van der Waals surface area (Å²) in [7, 11) is 0. The van der Waals surface area contributed by atoms with E-state index in [-0.39, 0.29) is 6.42 Å². The molecule has 0 saturated heterocycles. The highest BCUT2D eigenvalue weighted by atomic mass is 32.1. The van der Waals surface area contributed by atoms with Crippen LogP contribution in [0, 0.1) is 0 Å². The van der Waals surface area contributed by atoms with Crippen LogP contribution >= 0.6 is 11.5 Å². The van der Waals surface area contributed by atoms with Crippen LogP contribution in [-0.4, -0.2) is 27.1 Å². The van der Waals surface area contributed by atoms with Crippen LogP contribution in [0.2, 0.25) is 0 Å². The second-order valence-electron chi connectivity index (χ2n) is 2.26. The van der Waals surface area contributed by atoms with Gasteiger partial charge in [0, 0.05) is 5.38 Å². The van der Waals surface area contributed by atoms with E-state index < -0.39 is 12.0 Å². The van der Waals surface area contributed by atoms with Crippen LogP contribution in [0.3, 0.4) is 0 Å². The van der Waals surface area contributed by atoms with Gasteiger partial charge < -0.3 is 10.4 Å². The molecule has 0 aliphatic heterocycles. The molecule has 0 aliphatic carbocycles. The van der Waals surface area contributed by atoms with E-state index in [1.807, 2.05) is 0 Å². The number of nitrogens with zero attached hydrogens (tertiary/aromatic N) is 2. The maximum absolute atomic E-state index is 10.4. The molecule has 2 N–H and O–H groups in total. The lowest BCUT2D eigenvalue weighted by Crippen LogP contribution is -2.22. The van der Waals surface area contributed by atoms with Gasteiger partial charge in [-0.2, -0.15) is 0 Å². The molecule has 0 fully saturated rings. The number of carbonyl (C=O) groups excluding carboxylic acids is 1. The average Bonchev–Trinajstić information content (AvgIpc) is 2.54. The molecule has 1 heterocycles. The first-order valence-electron chi connectivity index (χ1n) is 3.42. The van der Waals surface area contributed by atoms with Crippen LogP contribution in [-0.2, 0) is 9.59 Å². The summed E-state index contributed by atoms with van der Waals surface area (Å²) in [6.45, 7) is 0. The molecule has 1 rings (SSSR count). The van der Waals surface area contributed by atoms with Crippen molar-refractivity contribution in [3.8, 4) is 0 Å². The van der Waals surface area contributed by atoms with E-state index in [0.29, 0.717) is 12.1 Å². The number of hydrogen-bond acceptors (Lipinski definition) is 5. The maximum atomic E-state index is 10.4. The molecule has 1 aromatic rings. The Morgan fingerprint density at radius 2 is 2.62 bits per heavy atom. The largest absolute Gasteiger partial charge is 0.481 e. The minimum Gasteiger partial charge on any atom is -0.481 e. The molecule has 0 spiro atoms. The Bertz CT molecular complexity index is 287. The van der Waals surface area contributed by atoms with E-state index in [2.05, 4.69) is 14.9 Å². The number of nitrogens with one attached hydrogen (secondary N) is 1. The molecule has 0 saturated carbocycles. The standard InChI is InChI=1S/C6H7N3O3S/c10-3-7-4(1-6(11)12)5-2-13-9-8-5/h2-4H,1H2,(H,7,10)(H,11,12)/t4-/m0/s1. The summed E-state index contributed by atoms with van der Waals surface area (Å²) >= 11 is 1.11. The second kappa shape index (κ2) is 4.51. The Kier molecular flexibility index (Phi) is 3.32. The third kappa shape index (κ3) is 2.79. The first kappa shape index (κ1) is 9.59. The molecular weight excluding hydrogens is 194 g/mol. The van der Waals surface area contributed by atoms with E-state index in [1.165, 1.54) is 0 Å². The van der Waals surface area contributed by atoms with Crippen molar-refractivity contribution >= 4 is 23.9 Å². The zero-order chi connectivity index (χ0) is 9.68. The lowest BCUT2D eigenvalue weighted by atomic mass is 10.1. The van der Waals surface area contributed by atoms with Gasteiger partial charge >= 0.3 is 5.97 Å². The topological polar surface area (TPSA) is 92.2 Å². The van der Waals surface area contributed by atoms with E-state index in [1.54, 1.807) is 5.38 Å². The van der Waals surface area contributed by atoms with Crippen molar-refractivity contribution < 1.29 is 14.7 Å². The quantitative estimate of drug-likeness (QED) is 0.643. The Morgan fingerprint density at radius 3 is 3.08 bits per heavy atom. The van der Waals surface area contributed by atoms with Crippen molar-refractivity contribution in [1.82, 2.24) is 14.9 Å². The summed E-state index contributed by atoms with van der Waals surface area (Å²) in [5.41, 5.74) is 0.472. The monoisotopic (exact) mass is 201 g/mol. The van der Waals surface area contributed by atoms with Gasteiger partial charge in [0.2, 0.25) is 6.41 Å². The highest BCUT2D eigenvalue weighted by molar-refractivity contribution is 7.03. The minimum absolute atomic E-state index is 0.190. The Labute approximate surface area is 77.7 Å². The fourth-order valence-electron chi connectivity index (χ4n) is 0.829. The highest BCUT2D eigenvalue weighted by Gasteiger charge is 2.16. The molecule has 0 aliphatic rings. The minimum atomic E-state index is -0.993. The van der Waals surface area contributed by atoms with Gasteiger partial charge in [-0.15, -0.1) is 5.10 Å². The lowest BCUT2D eigenvalue weighted by Gasteiger charge is -2.09. The molecule has 6 nitrogen and oxygen atoms in total. The molecule has 1 atom stereocenters. The van der Waals surface area contributed by atoms with Crippen molar-refractivity contribution in [2.75, 3.05) is 0 Å². The average molecular weight is 201 g/mol. The molecule has 1 aromatic heterocycles. The summed E-state index contributed by atoms with van der Waals surface area (Å²) in [4.78, 5) is 20.5. The smallest absolute Gasteiger partial charge is 0.305 e. The third-order valence-electron chi connectivity index (χ3n) is 1.38. The van der Waals surface area contributed by atoms with Crippen molar-refractivity contribution in [2.24, 2.45) is 0 Å². The third-order valence-corrected chi connectivity index (χ3v) is 1.90. The van der Waals surface area contributed by atoms with E-state index in [0.717, 1.165) is 11.5 Å². The normalized spacial score (nSPS) is 12.0. The van der Waals surface area contributed by atoms with Gasteiger partial charge in [0.15, 0.2) is 0 Å². The van der Waals surface area contributed by atoms with Crippen molar-refractivity contribution in [1.29, 1.82) is 0 Å². The van der Waals surface area contributed by atoms with Crippen LogP contribution in [0.5, 0.6) is 0 Å². The van der Waals surface area contributed by atoms with Crippen molar-refractivity contribution in [3.63, 3.8) is 0 Å². The van der Waals surface area contributed by atoms with E-state index >= 15 is 0 Å².